The number of aromatic nitrogens is 3. The molecule has 4 rings (SSSR count). The third kappa shape index (κ3) is 5.26. The molecule has 3 aromatic rings. The van der Waals surface area contributed by atoms with Gasteiger partial charge in [-0.3, -0.25) is 14.7 Å². The molecule has 0 atom stereocenters. The predicted molar refractivity (Wildman–Crippen MR) is 123 cm³/mol. The predicted octanol–water partition coefficient (Wildman–Crippen LogP) is 4.34. The molecule has 0 radical (unpaired) electrons. The molecule has 0 saturated carbocycles. The summed E-state index contributed by atoms with van der Waals surface area (Å²) >= 11 is 12.8. The van der Waals surface area contributed by atoms with Gasteiger partial charge < -0.3 is 5.32 Å². The van der Waals surface area contributed by atoms with Crippen molar-refractivity contribution in [2.24, 2.45) is 0 Å². The summed E-state index contributed by atoms with van der Waals surface area (Å²) in [5, 5.41) is 8.60. The molecule has 6 nitrogen and oxygen atoms in total. The van der Waals surface area contributed by atoms with Crippen LogP contribution in [0.3, 0.4) is 0 Å². The van der Waals surface area contributed by atoms with E-state index in [0.29, 0.717) is 28.0 Å². The molecular formula is C23H25Cl2N5O. The molecule has 1 amide bonds. The number of nitrogens with one attached hydrogen (secondary N) is 1. The smallest absolute Gasteiger partial charge is 0.256 e. The zero-order chi connectivity index (χ0) is 21.8. The van der Waals surface area contributed by atoms with E-state index in [1.807, 2.05) is 48.7 Å². The van der Waals surface area contributed by atoms with Crippen LogP contribution in [0.15, 0.2) is 48.7 Å². The van der Waals surface area contributed by atoms with Crippen molar-refractivity contribution in [1.82, 2.24) is 25.0 Å². The number of amides is 1. The van der Waals surface area contributed by atoms with Gasteiger partial charge in [0.05, 0.1) is 23.5 Å². The van der Waals surface area contributed by atoms with Crippen molar-refractivity contribution >= 4 is 29.1 Å². The number of carbonyl (C=O) groups is 1. The summed E-state index contributed by atoms with van der Waals surface area (Å²) in [4.78, 5) is 19.7. The number of likely N-dealkylation sites (tertiary alicyclic amines) is 1. The van der Waals surface area contributed by atoms with Gasteiger partial charge in [-0.1, -0.05) is 47.5 Å². The fraction of sp³-hybridized carbons (Fsp3) is 0.348. The van der Waals surface area contributed by atoms with Crippen molar-refractivity contribution in [1.29, 1.82) is 0 Å². The van der Waals surface area contributed by atoms with Gasteiger partial charge in [0.15, 0.2) is 0 Å². The largest absolute Gasteiger partial charge is 0.349 e. The average molecular weight is 458 g/mol. The highest BCUT2D eigenvalue weighted by atomic mass is 35.5. The van der Waals surface area contributed by atoms with Gasteiger partial charge in [0.2, 0.25) is 0 Å². The topological polar surface area (TPSA) is 63.1 Å². The molecule has 0 aliphatic carbocycles. The van der Waals surface area contributed by atoms with E-state index in [-0.39, 0.29) is 11.9 Å². The summed E-state index contributed by atoms with van der Waals surface area (Å²) in [7, 11) is 0. The highest BCUT2D eigenvalue weighted by molar-refractivity contribution is 6.33. The standard InChI is InChI=1S/C23H25Cl2N5O/c1-16-21(22(25)30(28-16)14-17-6-2-3-8-20(17)24)23(31)27-18-9-12-29(13-10-18)15-19-7-4-5-11-26-19/h2-8,11,18H,9-10,12-15H2,1H3,(H,27,31). The number of benzene rings is 1. The number of carbonyl (C=O) groups excluding carboxylic acids is 1. The third-order valence-electron chi connectivity index (χ3n) is 5.60. The number of hydrogen-bond acceptors (Lipinski definition) is 4. The van der Waals surface area contributed by atoms with E-state index in [1.165, 1.54) is 0 Å². The number of piperidine rings is 1. The molecule has 0 spiro atoms. The van der Waals surface area contributed by atoms with Gasteiger partial charge in [-0.05, 0) is 43.5 Å². The Morgan fingerprint density at radius 3 is 2.55 bits per heavy atom. The molecule has 0 unspecified atom stereocenters. The number of aryl methyl sites for hydroxylation is 1. The highest BCUT2D eigenvalue weighted by Gasteiger charge is 2.25. The molecule has 8 heteroatoms. The number of halogens is 2. The van der Waals surface area contributed by atoms with E-state index in [4.69, 9.17) is 23.2 Å². The Morgan fingerprint density at radius 1 is 1.10 bits per heavy atom. The first-order valence-electron chi connectivity index (χ1n) is 10.4. The van der Waals surface area contributed by atoms with Gasteiger partial charge in [0.25, 0.3) is 5.91 Å². The van der Waals surface area contributed by atoms with Crippen molar-refractivity contribution < 1.29 is 4.79 Å². The molecule has 2 aromatic heterocycles. The van der Waals surface area contributed by atoms with Gasteiger partial charge in [-0.2, -0.15) is 5.10 Å². The molecular weight excluding hydrogens is 433 g/mol. The van der Waals surface area contributed by atoms with E-state index in [2.05, 4.69) is 20.3 Å². The lowest BCUT2D eigenvalue weighted by Crippen LogP contribution is -2.44. The van der Waals surface area contributed by atoms with Crippen LogP contribution < -0.4 is 5.32 Å². The Hall–Kier alpha value is -2.41. The first kappa shape index (κ1) is 21.8. The Bertz CT molecular complexity index is 1050. The summed E-state index contributed by atoms with van der Waals surface area (Å²) in [6.07, 6.45) is 3.60. The second kappa shape index (κ2) is 9.81. The van der Waals surface area contributed by atoms with Gasteiger partial charge in [0, 0.05) is 36.9 Å². The molecule has 1 fully saturated rings. The maximum Gasteiger partial charge on any atom is 0.256 e. The van der Waals surface area contributed by atoms with Crippen LogP contribution in [0.5, 0.6) is 0 Å². The van der Waals surface area contributed by atoms with Crippen LogP contribution in [0.25, 0.3) is 0 Å². The lowest BCUT2D eigenvalue weighted by atomic mass is 10.0. The van der Waals surface area contributed by atoms with Gasteiger partial charge in [-0.15, -0.1) is 0 Å². The first-order chi connectivity index (χ1) is 15.0. The van der Waals surface area contributed by atoms with E-state index < -0.39 is 0 Å². The first-order valence-corrected chi connectivity index (χ1v) is 11.2. The fourth-order valence-electron chi connectivity index (χ4n) is 3.92. The second-order valence-corrected chi connectivity index (χ2v) is 8.61. The second-order valence-electron chi connectivity index (χ2n) is 7.85. The number of nitrogens with zero attached hydrogens (tertiary/aromatic N) is 4. The quantitative estimate of drug-likeness (QED) is 0.597. The van der Waals surface area contributed by atoms with Crippen molar-refractivity contribution in [2.75, 3.05) is 13.1 Å². The molecule has 1 saturated heterocycles. The zero-order valence-corrected chi connectivity index (χ0v) is 18.9. The fourth-order valence-corrected chi connectivity index (χ4v) is 4.43. The number of rotatable bonds is 6. The third-order valence-corrected chi connectivity index (χ3v) is 6.36. The SMILES string of the molecule is Cc1nn(Cc2ccccc2Cl)c(Cl)c1C(=O)NC1CCN(Cc2ccccn2)CC1. The van der Waals surface area contributed by atoms with Crippen LogP contribution >= 0.6 is 23.2 Å². The minimum absolute atomic E-state index is 0.120. The van der Waals surface area contributed by atoms with Crippen LogP contribution in [0.1, 0.15) is 40.2 Å². The Kier molecular flexibility index (Phi) is 6.90. The summed E-state index contributed by atoms with van der Waals surface area (Å²) < 4.78 is 1.63. The molecule has 162 valence electrons. The minimum Gasteiger partial charge on any atom is -0.349 e. The van der Waals surface area contributed by atoms with E-state index in [1.54, 1.807) is 11.6 Å². The maximum atomic E-state index is 13.0. The lowest BCUT2D eigenvalue weighted by Gasteiger charge is -2.32. The maximum absolute atomic E-state index is 13.0. The van der Waals surface area contributed by atoms with Crippen LogP contribution in [-0.4, -0.2) is 44.7 Å². The van der Waals surface area contributed by atoms with E-state index >= 15 is 0 Å². The van der Waals surface area contributed by atoms with Crippen LogP contribution in [0.4, 0.5) is 0 Å². The molecule has 1 aromatic carbocycles. The van der Waals surface area contributed by atoms with Crippen molar-refractivity contribution in [3.05, 3.63) is 81.4 Å². The van der Waals surface area contributed by atoms with Crippen LogP contribution in [0.2, 0.25) is 10.2 Å². The molecule has 1 aliphatic rings. The van der Waals surface area contributed by atoms with Crippen molar-refractivity contribution in [3.63, 3.8) is 0 Å². The molecule has 0 bridgehead atoms. The monoisotopic (exact) mass is 457 g/mol. The summed E-state index contributed by atoms with van der Waals surface area (Å²) in [6, 6.07) is 13.6. The zero-order valence-electron chi connectivity index (χ0n) is 17.4. The van der Waals surface area contributed by atoms with Gasteiger partial charge >= 0.3 is 0 Å². The van der Waals surface area contributed by atoms with Gasteiger partial charge in [-0.25, -0.2) is 4.68 Å². The highest BCUT2D eigenvalue weighted by Crippen LogP contribution is 2.24. The Morgan fingerprint density at radius 2 is 1.84 bits per heavy atom. The molecule has 31 heavy (non-hydrogen) atoms. The minimum atomic E-state index is -0.170. The Balaban J connectivity index is 1.36. The summed E-state index contributed by atoms with van der Waals surface area (Å²) in [5.74, 6) is -0.170. The van der Waals surface area contributed by atoms with E-state index in [0.717, 1.165) is 43.7 Å². The number of pyridine rings is 1. The van der Waals surface area contributed by atoms with Gasteiger partial charge in [0.1, 0.15) is 5.15 Å². The Labute approximate surface area is 192 Å². The molecule has 1 aliphatic heterocycles. The average Bonchev–Trinajstić information content (AvgIpc) is 3.05. The number of hydrogen-bond donors (Lipinski definition) is 1. The lowest BCUT2D eigenvalue weighted by molar-refractivity contribution is 0.0908. The van der Waals surface area contributed by atoms with E-state index in [9.17, 15) is 4.79 Å². The van der Waals surface area contributed by atoms with Crippen LogP contribution in [0, 0.1) is 6.92 Å². The van der Waals surface area contributed by atoms with Crippen molar-refractivity contribution in [2.45, 2.75) is 38.9 Å². The summed E-state index contributed by atoms with van der Waals surface area (Å²) in [5.41, 5.74) is 3.02. The normalized spacial score (nSPS) is 15.2. The molecule has 1 N–H and O–H groups in total. The van der Waals surface area contributed by atoms with Crippen LogP contribution in [-0.2, 0) is 13.1 Å². The summed E-state index contributed by atoms with van der Waals surface area (Å²) in [6.45, 7) is 4.89. The molecule has 3 heterocycles. The van der Waals surface area contributed by atoms with Crippen molar-refractivity contribution in [3.8, 4) is 0 Å².